The molecule has 10 rings (SSSR count). The van der Waals surface area contributed by atoms with E-state index in [9.17, 15) is 0 Å². The summed E-state index contributed by atoms with van der Waals surface area (Å²) < 4.78 is 0. The molecular weight excluding hydrogens is 705 g/mol. The summed E-state index contributed by atoms with van der Waals surface area (Å²) >= 11 is 0. The van der Waals surface area contributed by atoms with Crippen LogP contribution >= 0.6 is 0 Å². The molecule has 0 unspecified atom stereocenters. The lowest BCUT2D eigenvalue weighted by atomic mass is 9.94. The summed E-state index contributed by atoms with van der Waals surface area (Å²) in [6, 6.07) is 74.2. The fourth-order valence-electron chi connectivity index (χ4n) is 8.54. The molecule has 0 saturated heterocycles. The molecule has 1 aliphatic rings. The van der Waals surface area contributed by atoms with E-state index >= 15 is 0 Å². The van der Waals surface area contributed by atoms with Gasteiger partial charge in [0.15, 0.2) is 5.82 Å². The summed E-state index contributed by atoms with van der Waals surface area (Å²) in [4.78, 5) is 10.9. The van der Waals surface area contributed by atoms with Crippen molar-refractivity contribution in [2.45, 2.75) is 13.1 Å². The van der Waals surface area contributed by atoms with Gasteiger partial charge >= 0.3 is 0 Å². The molecule has 1 aromatic heterocycles. The Balaban J connectivity index is 1.04. The first-order valence-corrected chi connectivity index (χ1v) is 22.6. The van der Waals surface area contributed by atoms with Crippen LogP contribution in [0.1, 0.15) is 0 Å². The Kier molecular flexibility index (Phi) is 8.66. The Morgan fingerprint density at radius 2 is 0.632 bits per heavy atom. The first-order valence-electron chi connectivity index (χ1n) is 19.6. The number of benzene rings is 8. The largest absolute Gasteiger partial charge is 0.228 e. The van der Waals surface area contributed by atoms with Crippen molar-refractivity contribution in [2.24, 2.45) is 0 Å². The van der Waals surface area contributed by atoms with Crippen LogP contribution in [-0.2, 0) is 0 Å². The molecule has 270 valence electrons. The number of fused-ring (bicyclic) bond motifs is 3. The highest BCUT2D eigenvalue weighted by Crippen LogP contribution is 2.36. The molecule has 9 aromatic rings. The zero-order valence-electron chi connectivity index (χ0n) is 32.0. The molecule has 8 aromatic carbocycles. The first kappa shape index (κ1) is 34.5. The van der Waals surface area contributed by atoms with Crippen molar-refractivity contribution in [3.63, 3.8) is 0 Å². The minimum absolute atomic E-state index is 0.749. The molecule has 57 heavy (non-hydrogen) atoms. The Morgan fingerprint density at radius 3 is 1.12 bits per heavy atom. The third-order valence-electron chi connectivity index (χ3n) is 11.4. The summed E-state index contributed by atoms with van der Waals surface area (Å²) in [7, 11) is -2.10. The van der Waals surface area contributed by atoms with Crippen LogP contribution in [0.2, 0.25) is 13.1 Å². The molecule has 0 bridgehead atoms. The fraction of sp³-hybridized carbons (Fsp3) is 0.0370. The van der Waals surface area contributed by atoms with E-state index in [1.165, 1.54) is 60.4 Å². The van der Waals surface area contributed by atoms with Crippen molar-refractivity contribution in [3.05, 3.63) is 206 Å². The van der Waals surface area contributed by atoms with E-state index in [0.717, 1.165) is 39.5 Å². The van der Waals surface area contributed by atoms with E-state index in [-0.39, 0.29) is 0 Å². The van der Waals surface area contributed by atoms with Crippen LogP contribution in [0, 0.1) is 0 Å². The number of nitrogens with zero attached hydrogens (tertiary/aromatic N) is 2. The maximum absolute atomic E-state index is 5.49. The predicted octanol–water partition coefficient (Wildman–Crippen LogP) is 12.9. The van der Waals surface area contributed by atoms with Gasteiger partial charge in [0.05, 0.1) is 11.4 Å². The average molecular weight is 745 g/mol. The Bertz CT molecular complexity index is 2930. The van der Waals surface area contributed by atoms with Crippen molar-refractivity contribution in [1.82, 2.24) is 9.97 Å². The highest BCUT2D eigenvalue weighted by atomic mass is 28.3. The molecule has 0 aliphatic carbocycles. The third-order valence-corrected chi connectivity index (χ3v) is 15.0. The molecule has 0 N–H and O–H groups in total. The molecule has 0 amide bonds. The highest BCUT2D eigenvalue weighted by molar-refractivity contribution is 7.04. The van der Waals surface area contributed by atoms with Crippen LogP contribution in [-0.4, -0.2) is 18.0 Å². The van der Waals surface area contributed by atoms with Gasteiger partial charge in [0.1, 0.15) is 8.07 Å². The van der Waals surface area contributed by atoms with Gasteiger partial charge in [-0.3, -0.25) is 0 Å². The number of hydrogen-bond acceptors (Lipinski definition) is 2. The standard InChI is InChI=1S/C54H40N2Si/c1-57(2)50-31-10-9-30-49(50)52-53(57)51(47-28-14-21-40(35-47)38-18-7-4-8-19-38)55-54(56-52)48-29-15-27-46(36-48)45-26-13-25-44(34-45)43-24-12-23-42(33-43)41-22-11-20-39(32-41)37-16-5-3-6-17-37/h3-36H,1-2H3. The lowest BCUT2D eigenvalue weighted by Gasteiger charge is -2.22. The molecule has 3 heteroatoms. The normalized spacial score (nSPS) is 12.5. The minimum Gasteiger partial charge on any atom is -0.228 e. The van der Waals surface area contributed by atoms with E-state index < -0.39 is 8.07 Å². The Hall–Kier alpha value is -6.94. The molecule has 0 atom stereocenters. The zero-order chi connectivity index (χ0) is 38.3. The van der Waals surface area contributed by atoms with E-state index in [0.29, 0.717) is 0 Å². The van der Waals surface area contributed by atoms with Gasteiger partial charge in [0.25, 0.3) is 0 Å². The zero-order valence-corrected chi connectivity index (χ0v) is 33.0. The van der Waals surface area contributed by atoms with Crippen LogP contribution in [0.25, 0.3) is 89.5 Å². The van der Waals surface area contributed by atoms with E-state index in [2.05, 4.69) is 219 Å². The molecule has 0 saturated carbocycles. The van der Waals surface area contributed by atoms with Gasteiger partial charge in [-0.2, -0.15) is 0 Å². The maximum Gasteiger partial charge on any atom is 0.160 e. The molecule has 2 heterocycles. The van der Waals surface area contributed by atoms with Gasteiger partial charge in [-0.25, -0.2) is 9.97 Å². The van der Waals surface area contributed by atoms with Crippen LogP contribution < -0.4 is 10.4 Å². The highest BCUT2D eigenvalue weighted by Gasteiger charge is 2.41. The quantitative estimate of drug-likeness (QED) is 0.152. The number of rotatable bonds is 7. The summed E-state index contributed by atoms with van der Waals surface area (Å²) in [6.45, 7) is 4.88. The van der Waals surface area contributed by atoms with E-state index in [1.54, 1.807) is 0 Å². The van der Waals surface area contributed by atoms with Crippen LogP contribution in [0.3, 0.4) is 0 Å². The predicted molar refractivity (Wildman–Crippen MR) is 242 cm³/mol. The average Bonchev–Trinajstić information content (AvgIpc) is 3.52. The van der Waals surface area contributed by atoms with Crippen molar-refractivity contribution >= 4 is 18.4 Å². The van der Waals surface area contributed by atoms with Gasteiger partial charge in [-0.15, -0.1) is 0 Å². The second-order valence-electron chi connectivity index (χ2n) is 15.4. The lowest BCUT2D eigenvalue weighted by Crippen LogP contribution is -2.50. The van der Waals surface area contributed by atoms with Gasteiger partial charge in [-0.1, -0.05) is 189 Å². The van der Waals surface area contributed by atoms with Crippen LogP contribution in [0.4, 0.5) is 0 Å². The number of aromatic nitrogens is 2. The van der Waals surface area contributed by atoms with Crippen LogP contribution in [0.5, 0.6) is 0 Å². The first-order chi connectivity index (χ1) is 28.0. The van der Waals surface area contributed by atoms with Crippen LogP contribution in [0.15, 0.2) is 206 Å². The minimum atomic E-state index is -2.10. The SMILES string of the molecule is C[Si]1(C)c2ccccc2-c2nc(-c3cccc(-c4cccc(-c5cccc(-c6cccc(-c7ccccc7)c6)c5)c4)c3)nc(-c3cccc(-c4ccccc4)c3)c21. The Labute approximate surface area is 335 Å². The molecule has 1 aliphatic heterocycles. The summed E-state index contributed by atoms with van der Waals surface area (Å²) in [5.74, 6) is 0.749. The molecular formula is C54H40N2Si. The van der Waals surface area contributed by atoms with Gasteiger partial charge in [-0.05, 0) is 102 Å². The lowest BCUT2D eigenvalue weighted by molar-refractivity contribution is 1.20. The van der Waals surface area contributed by atoms with Crippen molar-refractivity contribution < 1.29 is 0 Å². The number of hydrogen-bond donors (Lipinski definition) is 0. The van der Waals surface area contributed by atoms with Crippen molar-refractivity contribution in [2.75, 3.05) is 0 Å². The van der Waals surface area contributed by atoms with E-state index in [4.69, 9.17) is 9.97 Å². The topological polar surface area (TPSA) is 25.8 Å². The fourth-order valence-corrected chi connectivity index (χ4v) is 11.8. The maximum atomic E-state index is 5.49. The van der Waals surface area contributed by atoms with Gasteiger partial charge in [0.2, 0.25) is 0 Å². The summed E-state index contributed by atoms with van der Waals surface area (Å²) in [6.07, 6.45) is 0. The molecule has 0 spiro atoms. The summed E-state index contributed by atoms with van der Waals surface area (Å²) in [5, 5.41) is 2.74. The molecule has 0 fully saturated rings. The smallest absolute Gasteiger partial charge is 0.160 e. The summed E-state index contributed by atoms with van der Waals surface area (Å²) in [5.41, 5.74) is 17.4. The second-order valence-corrected chi connectivity index (χ2v) is 19.7. The van der Waals surface area contributed by atoms with Crippen molar-refractivity contribution in [1.29, 1.82) is 0 Å². The second kappa shape index (κ2) is 14.3. The molecule has 0 radical (unpaired) electrons. The Morgan fingerprint density at radius 1 is 0.298 bits per heavy atom. The van der Waals surface area contributed by atoms with Crippen molar-refractivity contribution in [3.8, 4) is 89.5 Å². The third kappa shape index (κ3) is 6.42. The van der Waals surface area contributed by atoms with E-state index in [1.807, 2.05) is 0 Å². The monoisotopic (exact) mass is 744 g/mol. The molecule has 2 nitrogen and oxygen atoms in total. The van der Waals surface area contributed by atoms with Gasteiger partial charge in [0, 0.05) is 11.1 Å². The van der Waals surface area contributed by atoms with Gasteiger partial charge < -0.3 is 0 Å².